The maximum absolute atomic E-state index is 11.0. The Bertz CT molecular complexity index is 577. The normalized spacial score (nSPS) is 14.3. The molecular weight excluding hydrogens is 246 g/mol. The van der Waals surface area contributed by atoms with Gasteiger partial charge in [0.1, 0.15) is 4.88 Å². The van der Waals surface area contributed by atoms with Crippen LogP contribution in [-0.2, 0) is 13.0 Å². The van der Waals surface area contributed by atoms with Crippen LogP contribution in [0.25, 0.3) is 0 Å². The average molecular weight is 259 g/mol. The minimum atomic E-state index is -0.819. The summed E-state index contributed by atoms with van der Waals surface area (Å²) in [7, 11) is 0. The molecule has 0 bridgehead atoms. The second-order valence-corrected chi connectivity index (χ2v) is 5.51. The number of hydrogen-bond acceptors (Lipinski definition) is 3. The first-order valence-electron chi connectivity index (χ1n) is 5.89. The first-order valence-corrected chi connectivity index (χ1v) is 6.70. The maximum Gasteiger partial charge on any atom is 0.345 e. The van der Waals surface area contributed by atoms with Gasteiger partial charge < -0.3 is 10.0 Å². The van der Waals surface area contributed by atoms with Crippen LogP contribution in [0.5, 0.6) is 0 Å². The Labute approximate surface area is 109 Å². The van der Waals surface area contributed by atoms with E-state index < -0.39 is 5.97 Å². The van der Waals surface area contributed by atoms with E-state index in [1.807, 2.05) is 24.3 Å². The van der Waals surface area contributed by atoms with E-state index >= 15 is 0 Å². The number of anilines is 1. The van der Waals surface area contributed by atoms with E-state index in [2.05, 4.69) is 17.0 Å². The molecule has 0 radical (unpaired) electrons. The molecule has 1 aromatic heterocycles. The van der Waals surface area contributed by atoms with E-state index in [1.54, 1.807) is 0 Å². The first kappa shape index (κ1) is 11.3. The Morgan fingerprint density at radius 2 is 2.06 bits per heavy atom. The van der Waals surface area contributed by atoms with E-state index in [1.165, 1.54) is 21.9 Å². The van der Waals surface area contributed by atoms with Crippen LogP contribution in [-0.4, -0.2) is 17.6 Å². The van der Waals surface area contributed by atoms with E-state index in [0.29, 0.717) is 4.88 Å². The van der Waals surface area contributed by atoms with Crippen LogP contribution in [0.2, 0.25) is 0 Å². The molecule has 0 unspecified atom stereocenters. The number of carboxylic acids is 1. The number of carboxylic acid groups (broad SMARTS) is 1. The number of nitrogens with zero attached hydrogens (tertiary/aromatic N) is 1. The van der Waals surface area contributed by atoms with Gasteiger partial charge in [-0.05, 0) is 30.2 Å². The van der Waals surface area contributed by atoms with Crippen molar-refractivity contribution in [1.29, 1.82) is 0 Å². The molecule has 0 spiro atoms. The van der Waals surface area contributed by atoms with Crippen LogP contribution in [0.4, 0.5) is 5.69 Å². The molecule has 3 nitrogen and oxygen atoms in total. The molecule has 92 valence electrons. The van der Waals surface area contributed by atoms with Crippen molar-refractivity contribution < 1.29 is 9.90 Å². The van der Waals surface area contributed by atoms with E-state index in [4.69, 9.17) is 5.11 Å². The van der Waals surface area contributed by atoms with Crippen molar-refractivity contribution in [3.63, 3.8) is 0 Å². The lowest BCUT2D eigenvalue weighted by Gasteiger charge is -2.28. The van der Waals surface area contributed by atoms with Gasteiger partial charge in [0.25, 0.3) is 0 Å². The molecule has 1 aliphatic rings. The molecule has 2 aromatic rings. The van der Waals surface area contributed by atoms with Gasteiger partial charge >= 0.3 is 5.97 Å². The molecule has 0 aliphatic carbocycles. The summed E-state index contributed by atoms with van der Waals surface area (Å²) in [4.78, 5) is 14.9. The third-order valence-corrected chi connectivity index (χ3v) is 4.42. The smallest absolute Gasteiger partial charge is 0.345 e. The van der Waals surface area contributed by atoms with Crippen LogP contribution in [0.15, 0.2) is 36.4 Å². The van der Waals surface area contributed by atoms with Crippen LogP contribution < -0.4 is 4.90 Å². The van der Waals surface area contributed by atoms with E-state index in [0.717, 1.165) is 25.1 Å². The molecule has 18 heavy (non-hydrogen) atoms. The van der Waals surface area contributed by atoms with Crippen LogP contribution in [0.3, 0.4) is 0 Å². The highest BCUT2D eigenvalue weighted by Gasteiger charge is 2.21. The number of fused-ring (bicyclic) bond motifs is 1. The molecule has 1 aliphatic heterocycles. The standard InChI is InChI=1S/C14H13NO2S/c16-14(17)13-8-10-9-15(7-6-12(10)18-13)11-4-2-1-3-5-11/h1-5,8H,6-7,9H2,(H,16,17). The highest BCUT2D eigenvalue weighted by Crippen LogP contribution is 2.30. The van der Waals surface area contributed by atoms with Gasteiger partial charge in [-0.3, -0.25) is 0 Å². The highest BCUT2D eigenvalue weighted by molar-refractivity contribution is 7.14. The number of thiophene rings is 1. The molecule has 2 heterocycles. The zero-order valence-corrected chi connectivity index (χ0v) is 10.6. The van der Waals surface area contributed by atoms with Crippen molar-refractivity contribution in [1.82, 2.24) is 0 Å². The summed E-state index contributed by atoms with van der Waals surface area (Å²) in [6.07, 6.45) is 0.933. The SMILES string of the molecule is O=C(O)c1cc2c(s1)CCN(c1ccccc1)C2. The lowest BCUT2D eigenvalue weighted by atomic mass is 10.1. The summed E-state index contributed by atoms with van der Waals surface area (Å²) >= 11 is 1.41. The molecule has 1 N–H and O–H groups in total. The van der Waals surface area contributed by atoms with Crippen molar-refractivity contribution in [2.45, 2.75) is 13.0 Å². The fraction of sp³-hybridized carbons (Fsp3) is 0.214. The predicted molar refractivity (Wildman–Crippen MR) is 72.5 cm³/mol. The van der Waals surface area contributed by atoms with E-state index in [9.17, 15) is 4.79 Å². The third kappa shape index (κ3) is 1.99. The van der Waals surface area contributed by atoms with E-state index in [-0.39, 0.29) is 0 Å². The Morgan fingerprint density at radius 3 is 2.78 bits per heavy atom. The van der Waals surface area contributed by atoms with Crippen LogP contribution in [0, 0.1) is 0 Å². The summed E-state index contributed by atoms with van der Waals surface area (Å²) in [6.45, 7) is 1.76. The number of rotatable bonds is 2. The molecule has 3 rings (SSSR count). The third-order valence-electron chi connectivity index (χ3n) is 3.20. The van der Waals surface area contributed by atoms with Gasteiger partial charge in [-0.1, -0.05) is 18.2 Å². The lowest BCUT2D eigenvalue weighted by Crippen LogP contribution is -2.29. The van der Waals surface area contributed by atoms with Crippen molar-refractivity contribution in [3.05, 3.63) is 51.7 Å². The minimum Gasteiger partial charge on any atom is -0.477 e. The predicted octanol–water partition coefficient (Wildman–Crippen LogP) is 3.01. The van der Waals surface area contributed by atoms with Crippen molar-refractivity contribution in [2.24, 2.45) is 0 Å². The molecule has 4 heteroatoms. The zero-order chi connectivity index (χ0) is 12.5. The number of benzene rings is 1. The molecule has 0 saturated heterocycles. The highest BCUT2D eigenvalue weighted by atomic mass is 32.1. The zero-order valence-electron chi connectivity index (χ0n) is 9.80. The lowest BCUT2D eigenvalue weighted by molar-refractivity contribution is 0.0702. The van der Waals surface area contributed by atoms with Gasteiger partial charge in [0.05, 0.1) is 0 Å². The fourth-order valence-corrected chi connectivity index (χ4v) is 3.30. The van der Waals surface area contributed by atoms with Crippen molar-refractivity contribution in [2.75, 3.05) is 11.4 Å². The number of aromatic carboxylic acids is 1. The second kappa shape index (κ2) is 4.46. The summed E-state index contributed by atoms with van der Waals surface area (Å²) in [5.41, 5.74) is 2.36. The quantitative estimate of drug-likeness (QED) is 0.901. The van der Waals surface area contributed by atoms with Gasteiger partial charge in [0, 0.05) is 23.7 Å². The Kier molecular flexibility index (Phi) is 2.80. The summed E-state index contributed by atoms with van der Waals surface area (Å²) < 4.78 is 0. The Balaban J connectivity index is 1.87. The summed E-state index contributed by atoms with van der Waals surface area (Å²) in [5.74, 6) is -0.819. The maximum atomic E-state index is 11.0. The molecule has 0 amide bonds. The topological polar surface area (TPSA) is 40.5 Å². The Hall–Kier alpha value is -1.81. The first-order chi connectivity index (χ1) is 8.74. The van der Waals surface area contributed by atoms with Gasteiger partial charge in [-0.25, -0.2) is 4.79 Å². The molecule has 1 aromatic carbocycles. The average Bonchev–Trinajstić information content (AvgIpc) is 2.82. The van der Waals surface area contributed by atoms with Crippen LogP contribution in [0.1, 0.15) is 20.1 Å². The Morgan fingerprint density at radius 1 is 1.28 bits per heavy atom. The number of para-hydroxylation sites is 1. The van der Waals surface area contributed by atoms with Crippen molar-refractivity contribution >= 4 is 23.0 Å². The summed E-state index contributed by atoms with van der Waals surface area (Å²) in [6, 6.07) is 12.1. The van der Waals surface area contributed by atoms with Crippen molar-refractivity contribution in [3.8, 4) is 0 Å². The summed E-state index contributed by atoms with van der Waals surface area (Å²) in [5, 5.41) is 9.01. The molecule has 0 atom stereocenters. The minimum absolute atomic E-state index is 0.454. The van der Waals surface area contributed by atoms with Gasteiger partial charge in [-0.15, -0.1) is 11.3 Å². The largest absolute Gasteiger partial charge is 0.477 e. The molecular formula is C14H13NO2S. The number of hydrogen-bond donors (Lipinski definition) is 1. The molecule has 0 saturated carbocycles. The number of carbonyl (C=O) groups is 1. The molecule has 0 fully saturated rings. The van der Waals surface area contributed by atoms with Gasteiger partial charge in [0.2, 0.25) is 0 Å². The fourth-order valence-electron chi connectivity index (χ4n) is 2.30. The van der Waals surface area contributed by atoms with Gasteiger partial charge in [0.15, 0.2) is 0 Å². The van der Waals surface area contributed by atoms with Crippen LogP contribution >= 0.6 is 11.3 Å². The second-order valence-electron chi connectivity index (χ2n) is 4.37. The van der Waals surface area contributed by atoms with Gasteiger partial charge in [-0.2, -0.15) is 0 Å². The monoisotopic (exact) mass is 259 g/mol.